The Morgan fingerprint density at radius 2 is 1.69 bits per heavy atom. The number of nitrogens with zero attached hydrogens (tertiary/aromatic N) is 4. The van der Waals surface area contributed by atoms with E-state index in [1.54, 1.807) is 6.92 Å². The van der Waals surface area contributed by atoms with Gasteiger partial charge in [0.1, 0.15) is 11.4 Å². The molecule has 0 heterocycles. The van der Waals surface area contributed by atoms with Gasteiger partial charge in [-0.3, -0.25) is 34.6 Å². The lowest BCUT2D eigenvalue weighted by molar-refractivity contribution is -0.393. The third-order valence-corrected chi connectivity index (χ3v) is 5.37. The molecule has 0 aromatic heterocycles. The van der Waals surface area contributed by atoms with Gasteiger partial charge in [-0.2, -0.15) is 0 Å². The van der Waals surface area contributed by atoms with E-state index in [0.29, 0.717) is 11.8 Å². The molecule has 208 valence electrons. The molecule has 39 heavy (non-hydrogen) atoms. The van der Waals surface area contributed by atoms with E-state index in [1.807, 2.05) is 0 Å². The van der Waals surface area contributed by atoms with Crippen molar-refractivity contribution in [2.45, 2.75) is 46.3 Å². The average Bonchev–Trinajstić information content (AvgIpc) is 2.82. The zero-order chi connectivity index (χ0) is 29.4. The minimum absolute atomic E-state index is 0.0127. The SMILES string of the molecule is COc1cc(N=Nc2c(Cl)cc([N+](=O)[O-])cc2[N+](=O)[O-])c(NC(C)=O)cc1NC(C)CC(=O)OC(C)C(C)=O. The Kier molecular flexibility index (Phi) is 10.4. The van der Waals surface area contributed by atoms with E-state index in [0.717, 1.165) is 6.07 Å². The van der Waals surface area contributed by atoms with Crippen molar-refractivity contribution in [3.05, 3.63) is 49.5 Å². The van der Waals surface area contributed by atoms with Crippen molar-refractivity contribution in [3.63, 3.8) is 0 Å². The highest BCUT2D eigenvalue weighted by Gasteiger charge is 2.24. The Morgan fingerprint density at radius 1 is 1.03 bits per heavy atom. The van der Waals surface area contributed by atoms with Crippen LogP contribution in [0.25, 0.3) is 0 Å². The van der Waals surface area contributed by atoms with E-state index in [1.165, 1.54) is 40.0 Å². The Morgan fingerprint density at radius 3 is 2.23 bits per heavy atom. The molecule has 2 aromatic rings. The second-order valence-electron chi connectivity index (χ2n) is 8.25. The van der Waals surface area contributed by atoms with Crippen LogP contribution in [0.2, 0.25) is 5.02 Å². The highest BCUT2D eigenvalue weighted by atomic mass is 35.5. The molecule has 2 rings (SSSR count). The third-order valence-electron chi connectivity index (χ3n) is 5.08. The van der Waals surface area contributed by atoms with E-state index in [-0.39, 0.29) is 34.4 Å². The maximum atomic E-state index is 12.1. The average molecular weight is 565 g/mol. The Hall–Kier alpha value is -4.66. The molecular weight excluding hydrogens is 540 g/mol. The molecule has 0 radical (unpaired) electrons. The molecule has 0 aliphatic carbocycles. The van der Waals surface area contributed by atoms with E-state index >= 15 is 0 Å². The fraction of sp³-hybridized carbons (Fsp3) is 0.348. The topological polar surface area (TPSA) is 205 Å². The number of nitrogens with one attached hydrogen (secondary N) is 2. The molecule has 2 unspecified atom stereocenters. The van der Waals surface area contributed by atoms with Crippen LogP contribution in [-0.4, -0.2) is 46.8 Å². The van der Waals surface area contributed by atoms with Gasteiger partial charge in [0, 0.05) is 25.1 Å². The minimum Gasteiger partial charge on any atom is -0.495 e. The van der Waals surface area contributed by atoms with Crippen LogP contribution in [0.15, 0.2) is 34.5 Å². The van der Waals surface area contributed by atoms with Crippen LogP contribution in [-0.2, 0) is 19.1 Å². The van der Waals surface area contributed by atoms with Gasteiger partial charge in [0.05, 0.1) is 45.8 Å². The summed E-state index contributed by atoms with van der Waals surface area (Å²) in [6.07, 6.45) is -0.977. The molecule has 2 atom stereocenters. The number of ketones is 1. The predicted octanol–water partition coefficient (Wildman–Crippen LogP) is 5.25. The molecular formula is C23H25ClN6O9. The van der Waals surface area contributed by atoms with Crippen molar-refractivity contribution in [2.24, 2.45) is 10.2 Å². The van der Waals surface area contributed by atoms with Gasteiger partial charge in [-0.1, -0.05) is 11.6 Å². The van der Waals surface area contributed by atoms with Crippen molar-refractivity contribution in [1.82, 2.24) is 0 Å². The quantitative estimate of drug-likeness (QED) is 0.148. The number of amides is 1. The zero-order valence-electron chi connectivity index (χ0n) is 21.5. The Balaban J connectivity index is 2.45. The van der Waals surface area contributed by atoms with Crippen molar-refractivity contribution < 1.29 is 33.7 Å². The number of carbonyl (C=O) groups is 3. The first-order chi connectivity index (χ1) is 18.2. The Bertz CT molecular complexity index is 1350. The third kappa shape index (κ3) is 8.43. The number of azo groups is 1. The van der Waals surface area contributed by atoms with Gasteiger partial charge in [-0.25, -0.2) is 0 Å². The van der Waals surface area contributed by atoms with Crippen LogP contribution in [0.4, 0.5) is 34.1 Å². The van der Waals surface area contributed by atoms with Gasteiger partial charge < -0.3 is 20.1 Å². The first kappa shape index (κ1) is 30.6. The monoisotopic (exact) mass is 564 g/mol. The first-order valence-electron chi connectivity index (χ1n) is 11.2. The van der Waals surface area contributed by atoms with E-state index < -0.39 is 50.9 Å². The van der Waals surface area contributed by atoms with Crippen LogP contribution >= 0.6 is 11.6 Å². The van der Waals surface area contributed by atoms with Crippen molar-refractivity contribution in [2.75, 3.05) is 17.7 Å². The summed E-state index contributed by atoms with van der Waals surface area (Å²) in [6, 6.07) is 3.91. The molecule has 0 spiro atoms. The van der Waals surface area contributed by atoms with Crippen molar-refractivity contribution in [1.29, 1.82) is 0 Å². The van der Waals surface area contributed by atoms with Gasteiger partial charge in [0.2, 0.25) is 5.91 Å². The fourth-order valence-corrected chi connectivity index (χ4v) is 3.38. The number of halogens is 1. The maximum Gasteiger partial charge on any atom is 0.308 e. The largest absolute Gasteiger partial charge is 0.495 e. The van der Waals surface area contributed by atoms with Crippen LogP contribution < -0.4 is 15.4 Å². The number of esters is 1. The van der Waals surface area contributed by atoms with Crippen LogP contribution in [0.5, 0.6) is 5.75 Å². The second-order valence-corrected chi connectivity index (χ2v) is 8.66. The lowest BCUT2D eigenvalue weighted by atomic mass is 10.1. The summed E-state index contributed by atoms with van der Waals surface area (Å²) in [5.41, 5.74) is -1.30. The number of rotatable bonds is 12. The normalized spacial score (nSPS) is 12.4. The number of non-ortho nitro benzene ring substituents is 1. The highest BCUT2D eigenvalue weighted by Crippen LogP contribution is 2.42. The van der Waals surface area contributed by atoms with Crippen LogP contribution in [0.3, 0.4) is 0 Å². The summed E-state index contributed by atoms with van der Waals surface area (Å²) in [5, 5.41) is 35.5. The number of anilines is 2. The van der Waals surface area contributed by atoms with E-state index in [4.69, 9.17) is 21.1 Å². The van der Waals surface area contributed by atoms with Crippen LogP contribution in [0.1, 0.15) is 34.1 Å². The lowest BCUT2D eigenvalue weighted by Gasteiger charge is -2.19. The molecule has 0 aliphatic rings. The summed E-state index contributed by atoms with van der Waals surface area (Å²) in [7, 11) is 1.35. The van der Waals surface area contributed by atoms with Gasteiger partial charge in [-0.05, 0) is 26.8 Å². The number of nitro groups is 2. The summed E-state index contributed by atoms with van der Waals surface area (Å²) in [5.74, 6) is -1.17. The predicted molar refractivity (Wildman–Crippen MR) is 140 cm³/mol. The maximum absolute atomic E-state index is 12.1. The summed E-state index contributed by atoms with van der Waals surface area (Å²) in [6.45, 7) is 5.69. The number of nitro benzene ring substituents is 2. The summed E-state index contributed by atoms with van der Waals surface area (Å²) >= 11 is 6.02. The number of benzene rings is 2. The number of ether oxygens (including phenoxy) is 2. The molecule has 2 aromatic carbocycles. The van der Waals surface area contributed by atoms with Gasteiger partial charge in [-0.15, -0.1) is 10.2 Å². The molecule has 16 heteroatoms. The summed E-state index contributed by atoms with van der Waals surface area (Å²) in [4.78, 5) is 56.1. The fourth-order valence-electron chi connectivity index (χ4n) is 3.14. The van der Waals surface area contributed by atoms with Gasteiger partial charge >= 0.3 is 11.7 Å². The van der Waals surface area contributed by atoms with Crippen LogP contribution in [0, 0.1) is 20.2 Å². The lowest BCUT2D eigenvalue weighted by Crippen LogP contribution is -2.26. The standard InChI is InChI=1S/C23H25ClN6O9/c1-11(6-22(33)39-13(3)12(2)31)25-19-9-17(26-14(4)32)18(10-21(19)38-5)27-28-23-16(24)7-15(29(34)35)8-20(23)30(36)37/h7-11,13,25H,6H2,1-5H3,(H,26,32). The van der Waals surface area contributed by atoms with Crippen molar-refractivity contribution >= 4 is 63.4 Å². The number of hydrogen-bond donors (Lipinski definition) is 2. The number of methoxy groups -OCH3 is 1. The Labute approximate surface area is 226 Å². The highest BCUT2D eigenvalue weighted by molar-refractivity contribution is 6.33. The molecule has 0 saturated heterocycles. The molecule has 0 saturated carbocycles. The molecule has 2 N–H and O–H groups in total. The molecule has 1 amide bonds. The minimum atomic E-state index is -0.890. The molecule has 0 bridgehead atoms. The zero-order valence-corrected chi connectivity index (χ0v) is 22.3. The number of Topliss-reactive ketones (excluding diaryl/α,β-unsaturated/α-hetero) is 1. The number of hydrogen-bond acceptors (Lipinski definition) is 12. The second kappa shape index (κ2) is 13.2. The summed E-state index contributed by atoms with van der Waals surface area (Å²) < 4.78 is 10.4. The van der Waals surface area contributed by atoms with Gasteiger partial charge in [0.25, 0.3) is 5.69 Å². The van der Waals surface area contributed by atoms with E-state index in [9.17, 15) is 34.6 Å². The molecule has 0 fully saturated rings. The van der Waals surface area contributed by atoms with Crippen molar-refractivity contribution in [3.8, 4) is 5.75 Å². The van der Waals surface area contributed by atoms with E-state index in [2.05, 4.69) is 20.9 Å². The smallest absolute Gasteiger partial charge is 0.308 e. The molecule has 15 nitrogen and oxygen atoms in total. The first-order valence-corrected chi connectivity index (χ1v) is 11.6. The molecule has 0 aliphatic heterocycles. The van der Waals surface area contributed by atoms with Gasteiger partial charge in [0.15, 0.2) is 17.6 Å². The number of carbonyl (C=O) groups excluding carboxylic acids is 3.